The Kier molecular flexibility index (Phi) is 4.12. The van der Waals surface area contributed by atoms with Gasteiger partial charge in [0.1, 0.15) is 17.9 Å². The van der Waals surface area contributed by atoms with Crippen LogP contribution in [0.1, 0.15) is 45.0 Å². The standard InChI is InChI=1S/C17H23N7O/c1-4-23-10-20-14-16(18-9-19-17(14)23)22-12-6-8-25-15(12)13-5-7-21-24(13)11(2)3/h5,7,9-12,15H,4,6,8H2,1-3H3,(H,18,19,22)/t12-,15-/m0/s1. The highest BCUT2D eigenvalue weighted by Gasteiger charge is 2.33. The molecule has 1 aliphatic rings. The molecule has 2 atom stereocenters. The Balaban J connectivity index is 1.64. The fourth-order valence-electron chi connectivity index (χ4n) is 3.40. The minimum Gasteiger partial charge on any atom is -0.370 e. The Morgan fingerprint density at radius 3 is 3.00 bits per heavy atom. The first-order valence-corrected chi connectivity index (χ1v) is 8.76. The Bertz CT molecular complexity index is 869. The van der Waals surface area contributed by atoms with Gasteiger partial charge in [0.2, 0.25) is 0 Å². The van der Waals surface area contributed by atoms with E-state index >= 15 is 0 Å². The molecule has 1 saturated heterocycles. The van der Waals surface area contributed by atoms with Gasteiger partial charge < -0.3 is 14.6 Å². The lowest BCUT2D eigenvalue weighted by atomic mass is 10.1. The van der Waals surface area contributed by atoms with Gasteiger partial charge in [0, 0.05) is 25.4 Å². The molecule has 8 heteroatoms. The molecular weight excluding hydrogens is 318 g/mol. The van der Waals surface area contributed by atoms with Gasteiger partial charge in [0.05, 0.1) is 18.1 Å². The van der Waals surface area contributed by atoms with Crippen molar-refractivity contribution in [3.63, 3.8) is 0 Å². The molecule has 0 aromatic carbocycles. The molecule has 1 aliphatic heterocycles. The topological polar surface area (TPSA) is 82.7 Å². The molecular formula is C17H23N7O. The highest BCUT2D eigenvalue weighted by atomic mass is 16.5. The lowest BCUT2D eigenvalue weighted by Gasteiger charge is -2.22. The van der Waals surface area contributed by atoms with Crippen LogP contribution in [-0.4, -0.2) is 41.9 Å². The summed E-state index contributed by atoms with van der Waals surface area (Å²) >= 11 is 0. The SMILES string of the molecule is CCn1cnc2c(N[C@H]3CCO[C@@H]3c3ccnn3C(C)C)ncnc21. The van der Waals surface area contributed by atoms with E-state index in [1.54, 1.807) is 12.7 Å². The first-order valence-electron chi connectivity index (χ1n) is 8.76. The summed E-state index contributed by atoms with van der Waals surface area (Å²) in [5.41, 5.74) is 2.74. The fraction of sp³-hybridized carbons (Fsp3) is 0.529. The van der Waals surface area contributed by atoms with Crippen LogP contribution in [0.3, 0.4) is 0 Å². The minimum atomic E-state index is -0.0526. The van der Waals surface area contributed by atoms with E-state index in [0.29, 0.717) is 12.6 Å². The fourth-order valence-corrected chi connectivity index (χ4v) is 3.40. The third kappa shape index (κ3) is 2.76. The largest absolute Gasteiger partial charge is 0.370 e. The second-order valence-electron chi connectivity index (χ2n) is 6.55. The van der Waals surface area contributed by atoms with Crippen molar-refractivity contribution in [2.24, 2.45) is 0 Å². The van der Waals surface area contributed by atoms with E-state index in [1.807, 2.05) is 21.5 Å². The summed E-state index contributed by atoms with van der Waals surface area (Å²) in [5.74, 6) is 0.758. The summed E-state index contributed by atoms with van der Waals surface area (Å²) in [7, 11) is 0. The summed E-state index contributed by atoms with van der Waals surface area (Å²) in [4.78, 5) is 13.3. The smallest absolute Gasteiger partial charge is 0.165 e. The predicted molar refractivity (Wildman–Crippen MR) is 94.3 cm³/mol. The number of aromatic nitrogens is 6. The highest BCUT2D eigenvalue weighted by Crippen LogP contribution is 2.33. The van der Waals surface area contributed by atoms with Gasteiger partial charge in [-0.1, -0.05) is 0 Å². The van der Waals surface area contributed by atoms with Gasteiger partial charge in [-0.15, -0.1) is 0 Å². The molecule has 4 heterocycles. The average Bonchev–Trinajstić information content (AvgIpc) is 3.33. The first-order chi connectivity index (χ1) is 12.2. The van der Waals surface area contributed by atoms with Gasteiger partial charge in [-0.05, 0) is 33.3 Å². The number of rotatable bonds is 5. The number of aryl methyl sites for hydroxylation is 1. The van der Waals surface area contributed by atoms with Crippen LogP contribution in [0.25, 0.3) is 11.2 Å². The van der Waals surface area contributed by atoms with Crippen molar-refractivity contribution in [1.82, 2.24) is 29.3 Å². The van der Waals surface area contributed by atoms with Crippen molar-refractivity contribution in [2.75, 3.05) is 11.9 Å². The van der Waals surface area contributed by atoms with Gasteiger partial charge in [-0.2, -0.15) is 5.10 Å². The van der Waals surface area contributed by atoms with Crippen molar-refractivity contribution in [3.05, 3.63) is 30.6 Å². The minimum absolute atomic E-state index is 0.0526. The van der Waals surface area contributed by atoms with Gasteiger partial charge in [0.15, 0.2) is 11.5 Å². The number of nitrogens with zero attached hydrogens (tertiary/aromatic N) is 6. The van der Waals surface area contributed by atoms with Crippen LogP contribution < -0.4 is 5.32 Å². The van der Waals surface area contributed by atoms with Crippen molar-refractivity contribution in [3.8, 4) is 0 Å². The van der Waals surface area contributed by atoms with Crippen LogP contribution >= 0.6 is 0 Å². The molecule has 0 aliphatic carbocycles. The zero-order valence-electron chi connectivity index (χ0n) is 14.8. The van der Waals surface area contributed by atoms with Gasteiger partial charge in [0.25, 0.3) is 0 Å². The van der Waals surface area contributed by atoms with E-state index < -0.39 is 0 Å². The van der Waals surface area contributed by atoms with Crippen molar-refractivity contribution < 1.29 is 4.74 Å². The molecule has 3 aromatic rings. The summed E-state index contributed by atoms with van der Waals surface area (Å²) in [6.07, 6.45) is 6.08. The number of imidazole rings is 1. The van der Waals surface area contributed by atoms with E-state index in [4.69, 9.17) is 4.74 Å². The van der Waals surface area contributed by atoms with Crippen LogP contribution in [0.15, 0.2) is 24.9 Å². The Hall–Kier alpha value is -2.48. The normalized spacial score (nSPS) is 20.6. The molecule has 0 bridgehead atoms. The molecule has 0 amide bonds. The molecule has 0 saturated carbocycles. The Morgan fingerprint density at radius 1 is 1.32 bits per heavy atom. The molecule has 8 nitrogen and oxygen atoms in total. The number of ether oxygens (including phenoxy) is 1. The van der Waals surface area contributed by atoms with Crippen LogP contribution in [0.2, 0.25) is 0 Å². The number of hydrogen-bond donors (Lipinski definition) is 1. The second-order valence-corrected chi connectivity index (χ2v) is 6.55. The Morgan fingerprint density at radius 2 is 2.20 bits per heavy atom. The summed E-state index contributed by atoms with van der Waals surface area (Å²) in [6, 6.07) is 2.45. The Labute approximate surface area is 146 Å². The summed E-state index contributed by atoms with van der Waals surface area (Å²) < 4.78 is 10.1. The molecule has 4 rings (SSSR count). The zero-order chi connectivity index (χ0) is 17.4. The monoisotopic (exact) mass is 341 g/mol. The highest BCUT2D eigenvalue weighted by molar-refractivity contribution is 5.82. The van der Waals surface area contributed by atoms with Crippen LogP contribution in [0, 0.1) is 0 Å². The molecule has 0 radical (unpaired) electrons. The number of hydrogen-bond acceptors (Lipinski definition) is 6. The number of anilines is 1. The quantitative estimate of drug-likeness (QED) is 0.768. The van der Waals surface area contributed by atoms with Crippen LogP contribution in [-0.2, 0) is 11.3 Å². The number of fused-ring (bicyclic) bond motifs is 1. The molecule has 3 aromatic heterocycles. The first kappa shape index (κ1) is 16.0. The predicted octanol–water partition coefficient (Wildman–Crippen LogP) is 2.57. The van der Waals surface area contributed by atoms with Gasteiger partial charge in [-0.25, -0.2) is 15.0 Å². The maximum absolute atomic E-state index is 6.02. The summed E-state index contributed by atoms with van der Waals surface area (Å²) in [6.45, 7) is 7.86. The third-order valence-electron chi connectivity index (χ3n) is 4.64. The van der Waals surface area contributed by atoms with E-state index in [1.165, 1.54) is 0 Å². The van der Waals surface area contributed by atoms with Gasteiger partial charge >= 0.3 is 0 Å². The van der Waals surface area contributed by atoms with E-state index in [9.17, 15) is 0 Å². The molecule has 132 valence electrons. The van der Waals surface area contributed by atoms with Crippen molar-refractivity contribution in [1.29, 1.82) is 0 Å². The molecule has 25 heavy (non-hydrogen) atoms. The van der Waals surface area contributed by atoms with Gasteiger partial charge in [-0.3, -0.25) is 4.68 Å². The molecule has 1 fully saturated rings. The third-order valence-corrected chi connectivity index (χ3v) is 4.64. The maximum atomic E-state index is 6.02. The maximum Gasteiger partial charge on any atom is 0.165 e. The molecule has 1 N–H and O–H groups in total. The van der Waals surface area contributed by atoms with Crippen molar-refractivity contribution >= 4 is 17.0 Å². The molecule has 0 unspecified atom stereocenters. The van der Waals surface area contributed by atoms with Crippen LogP contribution in [0.4, 0.5) is 5.82 Å². The van der Waals surface area contributed by atoms with E-state index in [2.05, 4.69) is 46.1 Å². The molecule has 0 spiro atoms. The van der Waals surface area contributed by atoms with Crippen LogP contribution in [0.5, 0.6) is 0 Å². The lowest BCUT2D eigenvalue weighted by molar-refractivity contribution is 0.0988. The summed E-state index contributed by atoms with van der Waals surface area (Å²) in [5, 5.41) is 7.97. The number of nitrogens with one attached hydrogen (secondary N) is 1. The van der Waals surface area contributed by atoms with Crippen molar-refractivity contribution in [2.45, 2.75) is 51.9 Å². The zero-order valence-corrected chi connectivity index (χ0v) is 14.8. The van der Waals surface area contributed by atoms with E-state index in [-0.39, 0.29) is 12.1 Å². The van der Waals surface area contributed by atoms with E-state index in [0.717, 1.165) is 35.6 Å². The lowest BCUT2D eigenvalue weighted by Crippen LogP contribution is -2.26. The average molecular weight is 341 g/mol. The second kappa shape index (κ2) is 6.44.